The van der Waals surface area contributed by atoms with Crippen LogP contribution < -0.4 is 15.4 Å². The highest BCUT2D eigenvalue weighted by Gasteiger charge is 2.01. The molecule has 0 atom stereocenters. The fourth-order valence-electron chi connectivity index (χ4n) is 1.94. The summed E-state index contributed by atoms with van der Waals surface area (Å²) in [5.41, 5.74) is 0.947. The van der Waals surface area contributed by atoms with Gasteiger partial charge >= 0.3 is 0 Å². The molecule has 0 saturated heterocycles. The maximum absolute atomic E-state index is 5.65. The molecular formula is C19H31N3O3. The molecule has 0 bridgehead atoms. The van der Waals surface area contributed by atoms with Crippen LogP contribution in [0.25, 0.3) is 0 Å². The normalized spacial score (nSPS) is 11.4. The molecule has 6 nitrogen and oxygen atoms in total. The second-order valence-corrected chi connectivity index (χ2v) is 5.67. The molecule has 0 aliphatic rings. The van der Waals surface area contributed by atoms with Crippen molar-refractivity contribution in [3.63, 3.8) is 0 Å². The van der Waals surface area contributed by atoms with Gasteiger partial charge < -0.3 is 24.8 Å². The third-order valence-electron chi connectivity index (χ3n) is 3.05. The number of hydrogen-bond donors (Lipinski definition) is 2. The average Bonchev–Trinajstić information content (AvgIpc) is 2.59. The largest absolute Gasteiger partial charge is 0.491 e. The van der Waals surface area contributed by atoms with E-state index in [1.807, 2.05) is 38.1 Å². The molecular weight excluding hydrogens is 318 g/mol. The van der Waals surface area contributed by atoms with Gasteiger partial charge in [-0.15, -0.1) is 6.58 Å². The van der Waals surface area contributed by atoms with Gasteiger partial charge in [0.05, 0.1) is 19.3 Å². The number of nitrogens with zero attached hydrogens (tertiary/aromatic N) is 1. The minimum absolute atomic E-state index is 0.163. The molecule has 25 heavy (non-hydrogen) atoms. The molecule has 0 unspecified atom stereocenters. The van der Waals surface area contributed by atoms with Gasteiger partial charge in [0, 0.05) is 32.5 Å². The number of hydrogen-bond acceptors (Lipinski definition) is 4. The number of guanidine groups is 1. The summed E-state index contributed by atoms with van der Waals surface area (Å²) >= 11 is 0. The number of methoxy groups -OCH3 is 1. The summed E-state index contributed by atoms with van der Waals surface area (Å²) in [7, 11) is 1.67. The minimum Gasteiger partial charge on any atom is -0.491 e. The van der Waals surface area contributed by atoms with Gasteiger partial charge in [-0.05, 0) is 44.5 Å². The van der Waals surface area contributed by atoms with E-state index < -0.39 is 0 Å². The van der Waals surface area contributed by atoms with Gasteiger partial charge in [0.25, 0.3) is 0 Å². The SMILES string of the molecule is C=CCNC(=NCCCOCCOC)Nc1ccc(OC(C)C)cc1. The zero-order chi connectivity index (χ0) is 18.3. The number of aliphatic imine (C=N–C) groups is 1. The van der Waals surface area contributed by atoms with Crippen LogP contribution in [0.4, 0.5) is 5.69 Å². The van der Waals surface area contributed by atoms with Crippen molar-refractivity contribution >= 4 is 11.6 Å². The van der Waals surface area contributed by atoms with Crippen LogP contribution in [0.15, 0.2) is 41.9 Å². The van der Waals surface area contributed by atoms with Crippen LogP contribution in [0, 0.1) is 0 Å². The molecule has 1 aromatic rings. The van der Waals surface area contributed by atoms with E-state index in [2.05, 4.69) is 22.2 Å². The van der Waals surface area contributed by atoms with Crippen molar-refractivity contribution in [2.75, 3.05) is 45.3 Å². The summed E-state index contributed by atoms with van der Waals surface area (Å²) in [5.74, 6) is 1.57. The highest BCUT2D eigenvalue weighted by Crippen LogP contribution is 2.16. The second-order valence-electron chi connectivity index (χ2n) is 5.67. The molecule has 0 aliphatic carbocycles. The van der Waals surface area contributed by atoms with E-state index in [-0.39, 0.29) is 6.10 Å². The van der Waals surface area contributed by atoms with Crippen molar-refractivity contribution < 1.29 is 14.2 Å². The van der Waals surface area contributed by atoms with Crippen molar-refractivity contribution in [3.05, 3.63) is 36.9 Å². The first-order chi connectivity index (χ1) is 12.2. The van der Waals surface area contributed by atoms with E-state index in [1.54, 1.807) is 13.2 Å². The molecule has 140 valence electrons. The molecule has 0 saturated carbocycles. The Morgan fingerprint density at radius 3 is 2.60 bits per heavy atom. The Bertz CT molecular complexity index is 501. The third kappa shape index (κ3) is 10.4. The Balaban J connectivity index is 2.48. The van der Waals surface area contributed by atoms with Crippen molar-refractivity contribution in [3.8, 4) is 5.75 Å². The molecule has 0 radical (unpaired) electrons. The smallest absolute Gasteiger partial charge is 0.196 e. The predicted molar refractivity (Wildman–Crippen MR) is 104 cm³/mol. The summed E-state index contributed by atoms with van der Waals surface area (Å²) in [6.07, 6.45) is 2.81. The van der Waals surface area contributed by atoms with Crippen molar-refractivity contribution in [2.24, 2.45) is 4.99 Å². The summed E-state index contributed by atoms with van der Waals surface area (Å²) < 4.78 is 16.0. The molecule has 1 rings (SSSR count). The standard InChI is InChI=1S/C19H31N3O3/c1-5-11-20-19(21-12-6-13-24-15-14-23-4)22-17-7-9-18(10-8-17)25-16(2)3/h5,7-10,16H,1,6,11-15H2,2-4H3,(H2,20,21,22). The number of ether oxygens (including phenoxy) is 3. The highest BCUT2D eigenvalue weighted by molar-refractivity contribution is 5.93. The van der Waals surface area contributed by atoms with Crippen molar-refractivity contribution in [1.29, 1.82) is 0 Å². The van der Waals surface area contributed by atoms with E-state index in [9.17, 15) is 0 Å². The van der Waals surface area contributed by atoms with E-state index in [4.69, 9.17) is 14.2 Å². The summed E-state index contributed by atoms with van der Waals surface area (Å²) in [6, 6.07) is 7.82. The van der Waals surface area contributed by atoms with Gasteiger partial charge in [0.1, 0.15) is 5.75 Å². The molecule has 0 aromatic heterocycles. The van der Waals surface area contributed by atoms with Gasteiger partial charge in [-0.25, -0.2) is 0 Å². The van der Waals surface area contributed by atoms with E-state index >= 15 is 0 Å². The monoisotopic (exact) mass is 349 g/mol. The van der Waals surface area contributed by atoms with Crippen molar-refractivity contribution in [2.45, 2.75) is 26.4 Å². The van der Waals surface area contributed by atoms with Crippen LogP contribution in [-0.4, -0.2) is 52.1 Å². The molecule has 2 N–H and O–H groups in total. The summed E-state index contributed by atoms with van der Waals surface area (Å²) in [5, 5.41) is 6.48. The number of anilines is 1. The van der Waals surface area contributed by atoms with Crippen LogP contribution in [0.3, 0.4) is 0 Å². The number of benzene rings is 1. The first kappa shape index (κ1) is 21.0. The fraction of sp³-hybridized carbons (Fsp3) is 0.526. The second kappa shape index (κ2) is 13.3. The van der Waals surface area contributed by atoms with Gasteiger partial charge in [-0.3, -0.25) is 4.99 Å². The molecule has 0 heterocycles. The summed E-state index contributed by atoms with van der Waals surface area (Å²) in [4.78, 5) is 4.55. The topological polar surface area (TPSA) is 64.1 Å². The van der Waals surface area contributed by atoms with Gasteiger partial charge in [-0.2, -0.15) is 0 Å². The lowest BCUT2D eigenvalue weighted by atomic mass is 10.3. The molecule has 0 spiro atoms. The first-order valence-electron chi connectivity index (χ1n) is 8.65. The van der Waals surface area contributed by atoms with Crippen molar-refractivity contribution in [1.82, 2.24) is 5.32 Å². The van der Waals surface area contributed by atoms with E-state index in [0.29, 0.717) is 38.9 Å². The first-order valence-corrected chi connectivity index (χ1v) is 8.65. The van der Waals surface area contributed by atoms with Crippen LogP contribution >= 0.6 is 0 Å². The Kier molecular flexibility index (Phi) is 11.1. The third-order valence-corrected chi connectivity index (χ3v) is 3.05. The average molecular weight is 349 g/mol. The predicted octanol–water partition coefficient (Wildman–Crippen LogP) is 3.07. The Morgan fingerprint density at radius 1 is 1.20 bits per heavy atom. The van der Waals surface area contributed by atoms with Gasteiger partial charge in [0.2, 0.25) is 0 Å². The zero-order valence-electron chi connectivity index (χ0n) is 15.6. The fourth-order valence-corrected chi connectivity index (χ4v) is 1.94. The molecule has 1 aromatic carbocycles. The van der Waals surface area contributed by atoms with Gasteiger partial charge in [0.15, 0.2) is 5.96 Å². The Hall–Kier alpha value is -2.05. The minimum atomic E-state index is 0.163. The Labute approximate surface area is 151 Å². The van der Waals surface area contributed by atoms with Crippen LogP contribution in [0.2, 0.25) is 0 Å². The number of nitrogens with one attached hydrogen (secondary N) is 2. The zero-order valence-corrected chi connectivity index (χ0v) is 15.6. The van der Waals surface area contributed by atoms with Crippen LogP contribution in [-0.2, 0) is 9.47 Å². The van der Waals surface area contributed by atoms with Crippen LogP contribution in [0.5, 0.6) is 5.75 Å². The highest BCUT2D eigenvalue weighted by atomic mass is 16.5. The molecule has 6 heteroatoms. The Morgan fingerprint density at radius 2 is 1.96 bits per heavy atom. The van der Waals surface area contributed by atoms with Crippen LogP contribution in [0.1, 0.15) is 20.3 Å². The lowest BCUT2D eigenvalue weighted by Crippen LogP contribution is -2.31. The quantitative estimate of drug-likeness (QED) is 0.263. The molecule has 0 amide bonds. The summed E-state index contributed by atoms with van der Waals surface area (Å²) in [6.45, 7) is 11.0. The van der Waals surface area contributed by atoms with E-state index in [0.717, 1.165) is 17.9 Å². The molecule has 0 aliphatic heterocycles. The van der Waals surface area contributed by atoms with Gasteiger partial charge in [-0.1, -0.05) is 6.08 Å². The maximum Gasteiger partial charge on any atom is 0.196 e. The lowest BCUT2D eigenvalue weighted by molar-refractivity contribution is 0.0702. The maximum atomic E-state index is 5.65. The van der Waals surface area contributed by atoms with E-state index in [1.165, 1.54) is 0 Å². The lowest BCUT2D eigenvalue weighted by Gasteiger charge is -2.13. The number of rotatable bonds is 12. The molecule has 0 fully saturated rings.